The topological polar surface area (TPSA) is 12.0 Å². The van der Waals surface area contributed by atoms with Crippen molar-refractivity contribution in [2.24, 2.45) is 0 Å². The van der Waals surface area contributed by atoms with E-state index < -0.39 is 0 Å². The molecule has 0 unspecified atom stereocenters. The van der Waals surface area contributed by atoms with Crippen molar-refractivity contribution in [2.45, 2.75) is 6.92 Å². The summed E-state index contributed by atoms with van der Waals surface area (Å²) in [6.45, 7) is 6.00. The summed E-state index contributed by atoms with van der Waals surface area (Å²) in [7, 11) is 1.89. The Bertz CT molecular complexity index is 338. The fourth-order valence-electron chi connectivity index (χ4n) is 1.03. The highest BCUT2D eigenvalue weighted by atomic mass is 14.8. The molecule has 1 N–H and O–H groups in total. The van der Waals surface area contributed by atoms with E-state index in [1.54, 1.807) is 0 Å². The van der Waals surface area contributed by atoms with Gasteiger partial charge in [-0.05, 0) is 17.4 Å². The lowest BCUT2D eigenvalue weighted by atomic mass is 10.2. The number of nitrogens with one attached hydrogen (secondary N) is 1. The van der Waals surface area contributed by atoms with Crippen LogP contribution in [0, 0.1) is 6.92 Å². The Hall–Kier alpha value is -1.24. The smallest absolute Gasteiger partial charge is 0.00410 e. The van der Waals surface area contributed by atoms with Gasteiger partial charge in [0.15, 0.2) is 0 Å². The molecule has 0 bridgehead atoms. The Morgan fingerprint density at radius 2 is 2.18 bits per heavy atom. The molecule has 1 heteroatoms. The predicted molar refractivity (Wildman–Crippen MR) is 49.5 cm³/mol. The minimum absolute atomic E-state index is 1.07. The highest BCUT2D eigenvalue weighted by Crippen LogP contribution is 1.84. The van der Waals surface area contributed by atoms with E-state index in [-0.39, 0.29) is 0 Å². The lowest BCUT2D eigenvalue weighted by Gasteiger charge is -1.92. The summed E-state index contributed by atoms with van der Waals surface area (Å²) >= 11 is 0. The van der Waals surface area contributed by atoms with Crippen LogP contribution in [0.15, 0.2) is 18.2 Å². The van der Waals surface area contributed by atoms with E-state index in [0.717, 1.165) is 10.4 Å². The van der Waals surface area contributed by atoms with Crippen LogP contribution in [-0.2, 0) is 0 Å². The van der Waals surface area contributed by atoms with Crippen LogP contribution >= 0.6 is 0 Å². The van der Waals surface area contributed by atoms with Gasteiger partial charge in [-0.25, -0.2) is 0 Å². The van der Waals surface area contributed by atoms with Crippen LogP contribution in [0.4, 0.5) is 0 Å². The molecule has 0 radical (unpaired) electrons. The minimum atomic E-state index is 1.07. The molecule has 0 spiro atoms. The Morgan fingerprint density at radius 1 is 1.45 bits per heavy atom. The molecule has 1 aromatic rings. The molecule has 0 saturated carbocycles. The van der Waals surface area contributed by atoms with Gasteiger partial charge in [0.1, 0.15) is 0 Å². The van der Waals surface area contributed by atoms with E-state index in [1.807, 2.05) is 13.2 Å². The van der Waals surface area contributed by atoms with Crippen LogP contribution in [0.1, 0.15) is 5.56 Å². The summed E-state index contributed by atoms with van der Waals surface area (Å²) in [6.07, 6.45) is 1.95. The minimum Gasteiger partial charge on any atom is -0.393 e. The molecule has 58 valence electrons. The van der Waals surface area contributed by atoms with Gasteiger partial charge in [0, 0.05) is 13.2 Å². The van der Waals surface area contributed by atoms with Gasteiger partial charge in [-0.3, -0.25) is 0 Å². The van der Waals surface area contributed by atoms with Crippen LogP contribution in [0.25, 0.3) is 12.8 Å². The third-order valence-electron chi connectivity index (χ3n) is 1.60. The van der Waals surface area contributed by atoms with E-state index in [0.29, 0.717) is 0 Å². The van der Waals surface area contributed by atoms with Crippen molar-refractivity contribution in [3.8, 4) is 0 Å². The monoisotopic (exact) mass is 147 g/mol. The summed E-state index contributed by atoms with van der Waals surface area (Å²) in [5.41, 5.74) is 1.25. The molecule has 0 aliphatic rings. The number of hydrogen-bond acceptors (Lipinski definition) is 1. The van der Waals surface area contributed by atoms with Gasteiger partial charge >= 0.3 is 0 Å². The zero-order chi connectivity index (χ0) is 8.27. The van der Waals surface area contributed by atoms with Crippen LogP contribution in [0.3, 0.4) is 0 Å². The highest BCUT2D eigenvalue weighted by molar-refractivity contribution is 5.27. The second-order valence-electron chi connectivity index (χ2n) is 2.64. The lowest BCUT2D eigenvalue weighted by molar-refractivity contribution is 1.17. The molecule has 11 heavy (non-hydrogen) atoms. The molecule has 1 nitrogen and oxygen atoms in total. The summed E-state index contributed by atoms with van der Waals surface area (Å²) in [4.78, 5) is 0. The molecule has 0 atom stereocenters. The molecule has 0 fully saturated rings. The second-order valence-corrected chi connectivity index (χ2v) is 2.64. The normalized spacial score (nSPS) is 11.6. The average molecular weight is 147 g/mol. The number of rotatable bonds is 1. The van der Waals surface area contributed by atoms with Gasteiger partial charge in [-0.15, -0.1) is 0 Å². The molecule has 1 aromatic carbocycles. The van der Waals surface area contributed by atoms with Crippen molar-refractivity contribution >= 4 is 12.8 Å². The van der Waals surface area contributed by atoms with E-state index >= 15 is 0 Å². The standard InChI is InChI=1S/C10H13N/c1-8-4-5-10(7-11-3)9(2)6-8/h4-7,11H,2H2,1,3H3/b10-7-. The SMILES string of the molecule is C=c1cc(C)cc/c1=C/NC. The average Bonchev–Trinajstić information content (AvgIpc) is 1.95. The Balaban J connectivity index is 3.32. The first-order valence-electron chi connectivity index (χ1n) is 3.67. The zero-order valence-corrected chi connectivity index (χ0v) is 7.02. The van der Waals surface area contributed by atoms with E-state index in [2.05, 4.69) is 37.0 Å². The van der Waals surface area contributed by atoms with Crippen LogP contribution in [-0.4, -0.2) is 7.05 Å². The van der Waals surface area contributed by atoms with Crippen molar-refractivity contribution in [1.82, 2.24) is 5.32 Å². The van der Waals surface area contributed by atoms with Gasteiger partial charge < -0.3 is 5.32 Å². The number of benzene rings is 1. The molecular formula is C10H13N. The third kappa shape index (κ3) is 1.84. The molecular weight excluding hydrogens is 134 g/mol. The van der Waals surface area contributed by atoms with Crippen molar-refractivity contribution in [2.75, 3.05) is 7.05 Å². The Morgan fingerprint density at radius 3 is 2.73 bits per heavy atom. The van der Waals surface area contributed by atoms with Gasteiger partial charge in [0.25, 0.3) is 0 Å². The molecule has 0 aliphatic heterocycles. The van der Waals surface area contributed by atoms with Crippen molar-refractivity contribution in [3.63, 3.8) is 0 Å². The number of aryl methyl sites for hydroxylation is 1. The summed E-state index contributed by atoms with van der Waals surface area (Å²) in [6, 6.07) is 6.22. The Kier molecular flexibility index (Phi) is 2.32. The number of hydrogen-bond donors (Lipinski definition) is 1. The summed E-state index contributed by atoms with van der Waals surface area (Å²) in [5, 5.41) is 5.20. The van der Waals surface area contributed by atoms with Crippen molar-refractivity contribution in [1.29, 1.82) is 0 Å². The fourth-order valence-corrected chi connectivity index (χ4v) is 1.03. The summed E-state index contributed by atoms with van der Waals surface area (Å²) < 4.78 is 0. The lowest BCUT2D eigenvalue weighted by Crippen LogP contribution is -2.25. The van der Waals surface area contributed by atoms with Crippen LogP contribution < -0.4 is 15.8 Å². The maximum atomic E-state index is 3.93. The largest absolute Gasteiger partial charge is 0.393 e. The van der Waals surface area contributed by atoms with Crippen LogP contribution in [0.2, 0.25) is 0 Å². The van der Waals surface area contributed by atoms with Gasteiger partial charge in [0.05, 0.1) is 0 Å². The quantitative estimate of drug-likeness (QED) is 0.605. The van der Waals surface area contributed by atoms with E-state index in [4.69, 9.17) is 0 Å². The van der Waals surface area contributed by atoms with Gasteiger partial charge in [-0.1, -0.05) is 30.3 Å². The maximum absolute atomic E-state index is 3.93. The molecule has 0 amide bonds. The van der Waals surface area contributed by atoms with Crippen molar-refractivity contribution in [3.05, 3.63) is 34.2 Å². The van der Waals surface area contributed by atoms with E-state index in [9.17, 15) is 0 Å². The highest BCUT2D eigenvalue weighted by Gasteiger charge is 1.82. The third-order valence-corrected chi connectivity index (χ3v) is 1.60. The zero-order valence-electron chi connectivity index (χ0n) is 7.02. The molecule has 0 aliphatic carbocycles. The molecule has 1 rings (SSSR count). The van der Waals surface area contributed by atoms with Crippen molar-refractivity contribution < 1.29 is 0 Å². The fraction of sp³-hybridized carbons (Fsp3) is 0.200. The van der Waals surface area contributed by atoms with Gasteiger partial charge in [0.2, 0.25) is 0 Å². The first kappa shape index (κ1) is 7.86. The Labute approximate surface area is 67.1 Å². The first-order valence-corrected chi connectivity index (χ1v) is 3.67. The molecule has 0 heterocycles. The van der Waals surface area contributed by atoms with E-state index in [1.165, 1.54) is 5.56 Å². The van der Waals surface area contributed by atoms with Crippen LogP contribution in [0.5, 0.6) is 0 Å². The summed E-state index contributed by atoms with van der Waals surface area (Å²) in [5.74, 6) is 0. The second kappa shape index (κ2) is 3.24. The maximum Gasteiger partial charge on any atom is 0.00410 e. The molecule has 0 aromatic heterocycles. The predicted octanol–water partition coefficient (Wildman–Crippen LogP) is 0.363. The first-order chi connectivity index (χ1) is 5.24. The molecule has 0 saturated heterocycles. The van der Waals surface area contributed by atoms with Gasteiger partial charge in [-0.2, -0.15) is 0 Å².